The maximum atomic E-state index is 13.6. The van der Waals surface area contributed by atoms with Crippen molar-refractivity contribution in [2.75, 3.05) is 0 Å². The van der Waals surface area contributed by atoms with Crippen LogP contribution in [-0.4, -0.2) is 22.5 Å². The molecule has 0 aromatic heterocycles. The van der Waals surface area contributed by atoms with Gasteiger partial charge in [0.05, 0.1) is 5.56 Å². The molecule has 0 N–H and O–H groups in total. The van der Waals surface area contributed by atoms with E-state index < -0.39 is 35.4 Å². The van der Waals surface area contributed by atoms with E-state index in [4.69, 9.17) is 4.74 Å². The van der Waals surface area contributed by atoms with Crippen LogP contribution in [0.5, 0.6) is 0 Å². The monoisotopic (exact) mass is 463 g/mol. The summed E-state index contributed by atoms with van der Waals surface area (Å²) in [5.74, 6) is -0.582. The number of carbonyl (C=O) groups is 2. The number of nitrogens with zero attached hydrogens (tertiary/aromatic N) is 1. The maximum Gasteiger partial charge on any atom is 0.418 e. The lowest BCUT2D eigenvalue weighted by Crippen LogP contribution is -2.34. The Balaban J connectivity index is 1.48. The predicted molar refractivity (Wildman–Crippen MR) is 120 cm³/mol. The van der Waals surface area contributed by atoms with E-state index in [0.29, 0.717) is 24.0 Å². The first-order chi connectivity index (χ1) is 16.3. The quantitative estimate of drug-likeness (QED) is 0.408. The van der Waals surface area contributed by atoms with Crippen LogP contribution in [0.1, 0.15) is 35.6 Å². The number of ether oxygens (including phenoxy) is 1. The van der Waals surface area contributed by atoms with E-state index in [9.17, 15) is 22.8 Å². The molecule has 3 aromatic carbocycles. The van der Waals surface area contributed by atoms with E-state index in [-0.39, 0.29) is 5.56 Å². The normalized spacial score (nSPS) is 19.0. The van der Waals surface area contributed by atoms with Gasteiger partial charge >= 0.3 is 12.3 Å². The number of halogens is 3. The molecule has 1 unspecified atom stereocenters. The molecule has 2 aliphatic rings. The zero-order valence-corrected chi connectivity index (χ0v) is 18.0. The largest absolute Gasteiger partial charge is 0.440 e. The van der Waals surface area contributed by atoms with E-state index >= 15 is 0 Å². The zero-order chi connectivity index (χ0) is 23.9. The first-order valence-electron chi connectivity index (χ1n) is 10.8. The van der Waals surface area contributed by atoms with Gasteiger partial charge in [-0.3, -0.25) is 4.79 Å². The molecule has 172 valence electrons. The van der Waals surface area contributed by atoms with E-state index in [0.717, 1.165) is 16.5 Å². The number of hydrogen-bond donors (Lipinski definition) is 0. The first kappa shape index (κ1) is 21.9. The van der Waals surface area contributed by atoms with Crippen molar-refractivity contribution >= 4 is 18.1 Å². The lowest BCUT2D eigenvalue weighted by molar-refractivity contribution is -0.137. The molecule has 2 amide bonds. The summed E-state index contributed by atoms with van der Waals surface area (Å²) in [6, 6.07) is 20.5. The van der Waals surface area contributed by atoms with Crippen molar-refractivity contribution in [1.29, 1.82) is 0 Å². The molecule has 5 rings (SSSR count). The number of carbonyl (C=O) groups excluding carboxylic acids is 2. The second-order valence-electron chi connectivity index (χ2n) is 8.42. The molecule has 1 aliphatic heterocycles. The fourth-order valence-corrected chi connectivity index (χ4v) is 4.52. The number of benzene rings is 3. The highest BCUT2D eigenvalue weighted by molar-refractivity contribution is 6.03. The highest BCUT2D eigenvalue weighted by atomic mass is 19.4. The SMILES string of the molecule is O=C(/C=C/c1ccccc1-c1ccccc1C(F)(F)F)N1C(=O)OC2(CC2)C1c1ccccc1. The van der Waals surface area contributed by atoms with Gasteiger partial charge in [0.15, 0.2) is 0 Å². The lowest BCUT2D eigenvalue weighted by atomic mass is 9.94. The maximum absolute atomic E-state index is 13.6. The van der Waals surface area contributed by atoms with E-state index in [1.165, 1.54) is 30.4 Å². The summed E-state index contributed by atoms with van der Waals surface area (Å²) in [6.07, 6.45) is -1.24. The van der Waals surface area contributed by atoms with Gasteiger partial charge in [-0.25, -0.2) is 9.69 Å². The Morgan fingerprint density at radius 1 is 0.912 bits per heavy atom. The molecule has 1 saturated carbocycles. The average Bonchev–Trinajstić information content (AvgIpc) is 3.53. The van der Waals surface area contributed by atoms with Crippen molar-refractivity contribution < 1.29 is 27.5 Å². The van der Waals surface area contributed by atoms with Crippen LogP contribution in [0, 0.1) is 0 Å². The highest BCUT2D eigenvalue weighted by Gasteiger charge is 2.63. The predicted octanol–water partition coefficient (Wildman–Crippen LogP) is 6.64. The minimum Gasteiger partial charge on any atom is -0.440 e. The molecule has 0 radical (unpaired) electrons. The minimum atomic E-state index is -4.52. The third-order valence-electron chi connectivity index (χ3n) is 6.23. The smallest absolute Gasteiger partial charge is 0.418 e. The summed E-state index contributed by atoms with van der Waals surface area (Å²) < 4.78 is 46.3. The van der Waals surface area contributed by atoms with Gasteiger partial charge in [-0.05, 0) is 47.2 Å². The van der Waals surface area contributed by atoms with E-state index in [1.807, 2.05) is 30.3 Å². The number of alkyl halides is 3. The average molecular weight is 463 g/mol. The van der Waals surface area contributed by atoms with Gasteiger partial charge in [0.25, 0.3) is 5.91 Å². The second-order valence-corrected chi connectivity index (χ2v) is 8.42. The highest BCUT2D eigenvalue weighted by Crippen LogP contribution is 2.56. The number of amides is 2. The summed E-state index contributed by atoms with van der Waals surface area (Å²) in [4.78, 5) is 26.9. The Labute approximate surface area is 194 Å². The molecule has 3 aromatic rings. The van der Waals surface area contributed by atoms with Crippen LogP contribution in [0.25, 0.3) is 17.2 Å². The Morgan fingerprint density at radius 2 is 1.53 bits per heavy atom. The van der Waals surface area contributed by atoms with Crippen LogP contribution in [0.15, 0.2) is 84.9 Å². The van der Waals surface area contributed by atoms with Crippen LogP contribution in [-0.2, 0) is 15.7 Å². The van der Waals surface area contributed by atoms with Gasteiger partial charge in [-0.15, -0.1) is 0 Å². The molecule has 1 saturated heterocycles. The molecule has 1 heterocycles. The minimum absolute atomic E-state index is 0.0161. The molecular formula is C27H20F3NO3. The van der Waals surface area contributed by atoms with Crippen molar-refractivity contribution in [3.63, 3.8) is 0 Å². The third kappa shape index (κ3) is 3.87. The molecule has 1 aliphatic carbocycles. The van der Waals surface area contributed by atoms with Crippen LogP contribution >= 0.6 is 0 Å². The Hall–Kier alpha value is -3.87. The fraction of sp³-hybridized carbons (Fsp3) is 0.185. The summed E-state index contributed by atoms with van der Waals surface area (Å²) in [6.45, 7) is 0. The second kappa shape index (κ2) is 8.17. The fourth-order valence-electron chi connectivity index (χ4n) is 4.52. The summed E-state index contributed by atoms with van der Waals surface area (Å²) in [5.41, 5.74) is 0.115. The van der Waals surface area contributed by atoms with Crippen molar-refractivity contribution in [2.24, 2.45) is 0 Å². The molecule has 0 bridgehead atoms. The van der Waals surface area contributed by atoms with Gasteiger partial charge in [0, 0.05) is 6.08 Å². The van der Waals surface area contributed by atoms with Crippen molar-refractivity contribution in [3.05, 3.63) is 102 Å². The number of rotatable bonds is 4. The van der Waals surface area contributed by atoms with Crippen molar-refractivity contribution in [3.8, 4) is 11.1 Å². The van der Waals surface area contributed by atoms with Crippen LogP contribution in [0.4, 0.5) is 18.0 Å². The molecule has 4 nitrogen and oxygen atoms in total. The molecule has 1 atom stereocenters. The zero-order valence-electron chi connectivity index (χ0n) is 18.0. The lowest BCUT2D eigenvalue weighted by Gasteiger charge is -2.22. The van der Waals surface area contributed by atoms with Crippen LogP contribution in [0.3, 0.4) is 0 Å². The molecule has 7 heteroatoms. The standard InChI is InChI=1S/C27H20F3NO3/c28-27(29,30)22-13-7-6-12-21(22)20-11-5-4-8-18(20)14-15-23(32)31-24(19-9-2-1-3-10-19)26(16-17-26)34-25(31)33/h1-15,24H,16-17H2/b15-14+. The third-order valence-corrected chi connectivity index (χ3v) is 6.23. The van der Waals surface area contributed by atoms with Crippen LogP contribution in [0.2, 0.25) is 0 Å². The topological polar surface area (TPSA) is 46.6 Å². The molecule has 1 spiro atoms. The van der Waals surface area contributed by atoms with Crippen molar-refractivity contribution in [1.82, 2.24) is 4.90 Å². The first-order valence-corrected chi connectivity index (χ1v) is 10.8. The van der Waals surface area contributed by atoms with Crippen molar-refractivity contribution in [2.45, 2.75) is 30.7 Å². The van der Waals surface area contributed by atoms with Gasteiger partial charge in [0.1, 0.15) is 11.6 Å². The molecule has 34 heavy (non-hydrogen) atoms. The Morgan fingerprint density at radius 3 is 2.21 bits per heavy atom. The summed E-state index contributed by atoms with van der Waals surface area (Å²) in [7, 11) is 0. The molecular weight excluding hydrogens is 443 g/mol. The van der Waals surface area contributed by atoms with Gasteiger partial charge < -0.3 is 4.74 Å². The number of hydrogen-bond acceptors (Lipinski definition) is 3. The summed E-state index contributed by atoms with van der Waals surface area (Å²) >= 11 is 0. The van der Waals surface area contributed by atoms with Gasteiger partial charge in [0.2, 0.25) is 0 Å². The van der Waals surface area contributed by atoms with Crippen LogP contribution < -0.4 is 0 Å². The van der Waals surface area contributed by atoms with Gasteiger partial charge in [-0.1, -0.05) is 72.8 Å². The van der Waals surface area contributed by atoms with E-state index in [1.54, 1.807) is 24.3 Å². The van der Waals surface area contributed by atoms with Gasteiger partial charge in [-0.2, -0.15) is 13.2 Å². The Kier molecular flexibility index (Phi) is 5.27. The Bertz CT molecular complexity index is 1280. The van der Waals surface area contributed by atoms with E-state index in [2.05, 4.69) is 0 Å². The summed E-state index contributed by atoms with van der Waals surface area (Å²) in [5, 5.41) is 0. The molecule has 2 fully saturated rings. The number of imide groups is 1.